The molecule has 1 heterocycles. The normalized spacial score (nSPS) is 16.0. The van der Waals surface area contributed by atoms with Gasteiger partial charge in [0, 0.05) is 38.9 Å². The molecule has 0 aliphatic carbocycles. The van der Waals surface area contributed by atoms with E-state index < -0.39 is 230 Å². The summed E-state index contributed by atoms with van der Waals surface area (Å²) in [4.78, 5) is 240. The number of esters is 1. The number of methoxy groups -OCH3 is 1. The van der Waals surface area contributed by atoms with Crippen molar-refractivity contribution < 1.29 is 116 Å². The number of nitrogens with two attached hydrogens (primary N) is 2. The number of ether oxygens (including phenoxy) is 2. The molecule has 0 saturated carbocycles. The summed E-state index contributed by atoms with van der Waals surface area (Å²) >= 11 is 0. The van der Waals surface area contributed by atoms with Crippen LogP contribution in [-0.2, 0) is 91.0 Å². The molecule has 0 aromatic rings. The van der Waals surface area contributed by atoms with Gasteiger partial charge in [-0.2, -0.15) is 0 Å². The number of aliphatic hydroxyl groups excluding tert-OH is 2. The van der Waals surface area contributed by atoms with E-state index in [4.69, 9.17) is 16.2 Å². The second kappa shape index (κ2) is 49.5. The number of carbonyl (C=O) groups excluding carboxylic acids is 16. The molecule has 1 aliphatic heterocycles. The summed E-state index contributed by atoms with van der Waals surface area (Å²) in [5.41, 5.74) is 10.7. The van der Waals surface area contributed by atoms with Gasteiger partial charge < -0.3 is 110 Å². The average molecular weight is 1540 g/mol. The van der Waals surface area contributed by atoms with Gasteiger partial charge in [0.25, 0.3) is 0 Å². The fourth-order valence-electron chi connectivity index (χ4n) is 11.0. The molecule has 608 valence electrons. The molecule has 13 atom stereocenters. The first-order valence-corrected chi connectivity index (χ1v) is 35.7. The van der Waals surface area contributed by atoms with Gasteiger partial charge in [-0.25, -0.2) is 14.4 Å². The number of nitrogens with zero attached hydrogens (tertiary/aromatic N) is 1. The number of hydrogen-bond donors (Lipinski definition) is 18. The Morgan fingerprint density at radius 1 is 0.537 bits per heavy atom. The van der Waals surface area contributed by atoms with Crippen molar-refractivity contribution in [1.29, 1.82) is 0 Å². The number of aliphatic hydroxyl groups is 2. The van der Waals surface area contributed by atoms with Crippen LogP contribution in [0.1, 0.15) is 166 Å². The Balaban J connectivity index is 3.49. The van der Waals surface area contributed by atoms with Crippen LogP contribution < -0.4 is 75.3 Å². The van der Waals surface area contributed by atoms with Crippen LogP contribution in [0.4, 0.5) is 4.79 Å². The molecule has 39 heteroatoms. The minimum absolute atomic E-state index is 0.00308. The van der Waals surface area contributed by atoms with Crippen molar-refractivity contribution in [2.75, 3.05) is 33.4 Å². The van der Waals surface area contributed by atoms with E-state index in [1.165, 1.54) is 32.9 Å². The van der Waals surface area contributed by atoms with Gasteiger partial charge in [-0.3, -0.25) is 71.9 Å². The summed E-state index contributed by atoms with van der Waals surface area (Å²) < 4.78 is 9.40. The summed E-state index contributed by atoms with van der Waals surface area (Å²) in [7, 11) is 1.09. The minimum Gasteiger partial charge on any atom is -0.481 e. The molecule has 1 rings (SSSR count). The lowest BCUT2D eigenvalue weighted by atomic mass is 9.99. The lowest BCUT2D eigenvalue weighted by Crippen LogP contribution is -2.62. The lowest BCUT2D eigenvalue weighted by molar-refractivity contribution is -0.143. The molecule has 1 saturated heterocycles. The Kier molecular flexibility index (Phi) is 43.9. The second-order valence-corrected chi connectivity index (χ2v) is 27.7. The molecule has 108 heavy (non-hydrogen) atoms. The van der Waals surface area contributed by atoms with Crippen molar-refractivity contribution in [3.05, 3.63) is 24.8 Å². The first-order valence-electron chi connectivity index (χ1n) is 35.7. The molecule has 15 amide bonds. The van der Waals surface area contributed by atoms with Gasteiger partial charge in [0.2, 0.25) is 82.7 Å². The van der Waals surface area contributed by atoms with E-state index in [2.05, 4.69) is 75.1 Å². The number of carboxylic acid groups (broad SMARTS) is 2. The first kappa shape index (κ1) is 95.7. The van der Waals surface area contributed by atoms with Crippen molar-refractivity contribution >= 4 is 107 Å². The van der Waals surface area contributed by atoms with Crippen LogP contribution in [0.25, 0.3) is 0 Å². The van der Waals surface area contributed by atoms with E-state index in [0.717, 1.165) is 25.0 Å². The monoisotopic (exact) mass is 1540 g/mol. The zero-order valence-electron chi connectivity index (χ0n) is 63.2. The Bertz CT molecular complexity index is 3150. The number of allylic oxidation sites excluding steroid dienone is 1. The number of alkyl carbamates (subject to hydrolysis) is 1. The number of carbonyl (C=O) groups is 18. The Hall–Kier alpha value is -10.3. The maximum absolute atomic E-state index is 14.4. The molecule has 1 aliphatic rings. The summed E-state index contributed by atoms with van der Waals surface area (Å²) in [5.74, 6) is -19.3. The third kappa shape index (κ3) is 36.8. The van der Waals surface area contributed by atoms with Gasteiger partial charge >= 0.3 is 24.0 Å². The van der Waals surface area contributed by atoms with Gasteiger partial charge in [-0.05, 0) is 108 Å². The van der Waals surface area contributed by atoms with E-state index in [9.17, 15) is 107 Å². The number of rotatable bonds is 51. The topological polar surface area (TPSA) is 606 Å². The van der Waals surface area contributed by atoms with Crippen LogP contribution in [0, 0.1) is 23.7 Å². The van der Waals surface area contributed by atoms with Crippen LogP contribution in [0.2, 0.25) is 0 Å². The van der Waals surface area contributed by atoms with Gasteiger partial charge in [-0.15, -0.1) is 0 Å². The molecule has 1 fully saturated rings. The molecular formula is C69H113N15O24. The van der Waals surface area contributed by atoms with Crippen LogP contribution in [0.5, 0.6) is 0 Å². The van der Waals surface area contributed by atoms with Gasteiger partial charge in [0.1, 0.15) is 79.1 Å². The molecule has 3 unspecified atom stereocenters. The summed E-state index contributed by atoms with van der Waals surface area (Å²) in [6.45, 7) is 17.9. The van der Waals surface area contributed by atoms with E-state index in [1.54, 1.807) is 41.5 Å². The maximum Gasteiger partial charge on any atom is 0.407 e. The SMILES string of the molecule is C=CCOC(=O)NCCCC[C@H](NC(=O)[C@H](CC(C)C)NC(=O)[C@H](CC(C)C)NC(=O)C(NC(=O)[C@H](CC(C)C)NC(=O)[C@@H]1CCCN1C(=O)[C@H](CO)NC(=O)C(NC(=O)[C@H](CCC(N)=O)NC(=O)[C@H](CCC(=O)O)NC(=O)[C@H](CC/C=C/C(=O)OC)NC(=O)[C@H](CC(N)=O)NC(C)=O)C(C)C)C(C)O)C(=O)O. The first-order chi connectivity index (χ1) is 50.6. The fraction of sp³-hybridized carbons (Fsp3) is 0.681. The van der Waals surface area contributed by atoms with E-state index in [-0.39, 0.29) is 95.2 Å². The lowest BCUT2D eigenvalue weighted by Gasteiger charge is -2.31. The molecular weight excluding hydrogens is 1420 g/mol. The fourth-order valence-corrected chi connectivity index (χ4v) is 11.0. The Labute approximate surface area is 627 Å². The van der Waals surface area contributed by atoms with Crippen LogP contribution in [0.3, 0.4) is 0 Å². The highest BCUT2D eigenvalue weighted by molar-refractivity contribution is 6.00. The number of unbranched alkanes of at least 4 members (excludes halogenated alkanes) is 1. The van der Waals surface area contributed by atoms with E-state index >= 15 is 0 Å². The van der Waals surface area contributed by atoms with Crippen LogP contribution in [0.15, 0.2) is 24.8 Å². The third-order valence-electron chi connectivity index (χ3n) is 16.5. The second-order valence-electron chi connectivity index (χ2n) is 27.7. The standard InChI is InChI=1S/C69H113N15O24/c1-13-29-108-69(106)72-27-17-16-20-44(68(104)105)77-60(96)45(30-35(2)3)78-61(97)46(31-36(4)5)80-66(102)56(39(10)86)83-63(99)47(32-37(6)7)79-64(100)50-21-18-28-84(50)67(103)49(34-85)81-65(101)55(38(8)9)82-59(95)42(23-25-51(70)88)75-58(94)43(24-26-53(90)91)76-57(93)41(19-14-15-22-54(92)107-12)74-62(98)48(33-52(71)89)73-40(11)87/h13,15,22,35-39,41-50,55-56,85-86H,1,14,16-21,23-34H2,2-12H3,(H2,70,88)(H2,71,89)(H,72,106)(H,73,87)(H,74,98)(H,75,94)(H,76,93)(H,77,96)(H,78,97)(H,79,100)(H,80,102)(H,81,101)(H,82,95)(H,83,99)(H,90,91)(H,104,105)/b22-15+/t39?,41-,42-,43-,44-,45-,46-,47-,48-,49-,50-,55?,56?/m0/s1. The number of primary amides is 2. The van der Waals surface area contributed by atoms with Gasteiger partial charge in [-0.1, -0.05) is 74.1 Å². The number of likely N-dealkylation sites (tertiary alicyclic amines) is 1. The zero-order valence-corrected chi connectivity index (χ0v) is 63.2. The average Bonchev–Trinajstić information content (AvgIpc) is 1.60. The van der Waals surface area contributed by atoms with Crippen molar-refractivity contribution in [1.82, 2.24) is 68.7 Å². The molecule has 0 bridgehead atoms. The Morgan fingerprint density at radius 2 is 0.991 bits per heavy atom. The summed E-state index contributed by atoms with van der Waals surface area (Å²) in [6, 6.07) is -18.9. The highest BCUT2D eigenvalue weighted by Gasteiger charge is 2.42. The number of amides is 15. The Morgan fingerprint density at radius 3 is 1.46 bits per heavy atom. The maximum atomic E-state index is 14.4. The number of carboxylic acids is 2. The smallest absolute Gasteiger partial charge is 0.407 e. The predicted octanol–water partition coefficient (Wildman–Crippen LogP) is -3.82. The van der Waals surface area contributed by atoms with Crippen molar-refractivity contribution in [3.63, 3.8) is 0 Å². The molecule has 0 radical (unpaired) electrons. The molecule has 20 N–H and O–H groups in total. The van der Waals surface area contributed by atoms with Crippen LogP contribution >= 0.6 is 0 Å². The number of aliphatic carboxylic acids is 2. The van der Waals surface area contributed by atoms with Crippen molar-refractivity contribution in [2.24, 2.45) is 35.1 Å². The quantitative estimate of drug-likeness (QED) is 0.0120. The van der Waals surface area contributed by atoms with Gasteiger partial charge in [0.15, 0.2) is 0 Å². The summed E-state index contributed by atoms with van der Waals surface area (Å²) in [5, 5.41) is 70.5. The molecule has 39 nitrogen and oxygen atoms in total. The van der Waals surface area contributed by atoms with Crippen LogP contribution in [-0.4, -0.2) is 244 Å². The number of hydrogen-bond acceptors (Lipinski definition) is 22. The highest BCUT2D eigenvalue weighted by atomic mass is 16.5. The molecule has 0 aromatic carbocycles. The molecule has 0 aromatic heterocycles. The largest absolute Gasteiger partial charge is 0.481 e. The predicted molar refractivity (Wildman–Crippen MR) is 384 cm³/mol. The van der Waals surface area contributed by atoms with E-state index in [1.807, 2.05) is 0 Å². The number of nitrogens with one attached hydrogen (secondary N) is 12. The summed E-state index contributed by atoms with van der Waals surface area (Å²) in [6.07, 6.45) is -1.76. The zero-order chi connectivity index (χ0) is 82.2. The van der Waals surface area contributed by atoms with Gasteiger partial charge in [0.05, 0.1) is 26.2 Å². The van der Waals surface area contributed by atoms with Crippen molar-refractivity contribution in [3.8, 4) is 0 Å². The third-order valence-corrected chi connectivity index (χ3v) is 16.5. The van der Waals surface area contributed by atoms with Crippen molar-refractivity contribution in [2.45, 2.75) is 244 Å². The molecule has 0 spiro atoms. The van der Waals surface area contributed by atoms with E-state index in [0.29, 0.717) is 6.42 Å². The highest BCUT2D eigenvalue weighted by Crippen LogP contribution is 2.21. The minimum atomic E-state index is -1.83.